The van der Waals surface area contributed by atoms with Gasteiger partial charge in [0.1, 0.15) is 11.3 Å². The standard InChI is InChI=1S/C19H21N3O6/c1-3-5-15(23)22-17(14-9-12-10-20-8-7-13(12)28-14)18(25)21(19(22)26)11-27-16(24)6-4-2/h7-10,17H,3-6,11H2,1-2H3. The summed E-state index contributed by atoms with van der Waals surface area (Å²) >= 11 is 0. The van der Waals surface area contributed by atoms with Crippen LogP contribution in [0.5, 0.6) is 0 Å². The maximum Gasteiger partial charge on any atom is 0.337 e. The zero-order chi connectivity index (χ0) is 20.3. The van der Waals surface area contributed by atoms with Crippen molar-refractivity contribution in [3.05, 3.63) is 30.3 Å². The van der Waals surface area contributed by atoms with Crippen LogP contribution >= 0.6 is 0 Å². The molecule has 1 atom stereocenters. The number of hydrogen-bond acceptors (Lipinski definition) is 7. The number of carbonyl (C=O) groups excluding carboxylic acids is 4. The van der Waals surface area contributed by atoms with Gasteiger partial charge in [-0.25, -0.2) is 14.6 Å². The van der Waals surface area contributed by atoms with Crippen molar-refractivity contribution in [3.63, 3.8) is 0 Å². The molecule has 0 radical (unpaired) electrons. The Hall–Kier alpha value is -3.23. The summed E-state index contributed by atoms with van der Waals surface area (Å²) in [6.07, 6.45) is 4.47. The number of carbonyl (C=O) groups is 4. The van der Waals surface area contributed by atoms with Crippen molar-refractivity contribution in [1.82, 2.24) is 14.8 Å². The fourth-order valence-corrected chi connectivity index (χ4v) is 3.00. The monoisotopic (exact) mass is 387 g/mol. The molecule has 0 saturated carbocycles. The van der Waals surface area contributed by atoms with Crippen LogP contribution in [0.4, 0.5) is 4.79 Å². The molecule has 1 aliphatic rings. The predicted molar refractivity (Wildman–Crippen MR) is 96.6 cm³/mol. The largest absolute Gasteiger partial charge is 0.458 e. The van der Waals surface area contributed by atoms with Gasteiger partial charge in [-0.15, -0.1) is 0 Å². The summed E-state index contributed by atoms with van der Waals surface area (Å²) in [5, 5.41) is 0.647. The Morgan fingerprint density at radius 2 is 1.96 bits per heavy atom. The first-order chi connectivity index (χ1) is 13.5. The molecule has 4 amide bonds. The number of imide groups is 2. The van der Waals surface area contributed by atoms with E-state index in [1.54, 1.807) is 25.3 Å². The quantitative estimate of drug-likeness (QED) is 0.530. The molecule has 0 aliphatic carbocycles. The van der Waals surface area contributed by atoms with Crippen LogP contribution in [0.2, 0.25) is 0 Å². The van der Waals surface area contributed by atoms with Gasteiger partial charge in [-0.2, -0.15) is 0 Å². The number of urea groups is 1. The highest BCUT2D eigenvalue weighted by molar-refractivity contribution is 6.12. The first kappa shape index (κ1) is 19.5. The van der Waals surface area contributed by atoms with Gasteiger partial charge < -0.3 is 9.15 Å². The van der Waals surface area contributed by atoms with E-state index in [4.69, 9.17) is 9.15 Å². The van der Waals surface area contributed by atoms with E-state index in [0.717, 1.165) is 9.80 Å². The van der Waals surface area contributed by atoms with Crippen molar-refractivity contribution in [3.8, 4) is 0 Å². The fourth-order valence-electron chi connectivity index (χ4n) is 3.00. The maximum atomic E-state index is 12.9. The summed E-state index contributed by atoms with van der Waals surface area (Å²) in [6.45, 7) is 3.07. The van der Waals surface area contributed by atoms with Gasteiger partial charge in [0.2, 0.25) is 5.91 Å². The number of aromatic nitrogens is 1. The average molecular weight is 387 g/mol. The molecule has 0 bridgehead atoms. The number of ether oxygens (including phenoxy) is 1. The SMILES string of the molecule is CCCC(=O)OCN1C(=O)C(c2cc3cnccc3o2)N(C(=O)CCC)C1=O. The van der Waals surface area contributed by atoms with Gasteiger partial charge in [-0.05, 0) is 25.0 Å². The van der Waals surface area contributed by atoms with Crippen molar-refractivity contribution >= 4 is 34.8 Å². The summed E-state index contributed by atoms with van der Waals surface area (Å²) < 4.78 is 10.7. The van der Waals surface area contributed by atoms with E-state index in [0.29, 0.717) is 23.8 Å². The lowest BCUT2D eigenvalue weighted by Crippen LogP contribution is -2.38. The summed E-state index contributed by atoms with van der Waals surface area (Å²) in [5.41, 5.74) is 0.487. The molecule has 2 aromatic rings. The molecule has 3 rings (SSSR count). The Kier molecular flexibility index (Phi) is 5.72. The van der Waals surface area contributed by atoms with Crippen LogP contribution in [0, 0.1) is 0 Å². The van der Waals surface area contributed by atoms with Crippen molar-refractivity contribution < 1.29 is 28.3 Å². The first-order valence-electron chi connectivity index (χ1n) is 9.14. The van der Waals surface area contributed by atoms with Crippen LogP contribution in [0.15, 0.2) is 28.9 Å². The summed E-state index contributed by atoms with van der Waals surface area (Å²) in [4.78, 5) is 55.5. The van der Waals surface area contributed by atoms with Crippen LogP contribution in [-0.2, 0) is 19.1 Å². The maximum absolute atomic E-state index is 12.9. The lowest BCUT2D eigenvalue weighted by molar-refractivity contribution is -0.150. The highest BCUT2D eigenvalue weighted by Gasteiger charge is 2.50. The van der Waals surface area contributed by atoms with Crippen LogP contribution in [0.1, 0.15) is 51.3 Å². The molecule has 3 heterocycles. The van der Waals surface area contributed by atoms with E-state index in [1.165, 1.54) is 6.20 Å². The Morgan fingerprint density at radius 1 is 1.21 bits per heavy atom. The predicted octanol–water partition coefficient (Wildman–Crippen LogP) is 2.76. The molecular weight excluding hydrogens is 366 g/mol. The highest BCUT2D eigenvalue weighted by atomic mass is 16.5. The van der Waals surface area contributed by atoms with Crippen molar-refractivity contribution in [2.24, 2.45) is 0 Å². The van der Waals surface area contributed by atoms with E-state index >= 15 is 0 Å². The number of amides is 4. The molecule has 28 heavy (non-hydrogen) atoms. The Morgan fingerprint density at radius 3 is 2.64 bits per heavy atom. The van der Waals surface area contributed by atoms with Crippen LogP contribution < -0.4 is 0 Å². The lowest BCUT2D eigenvalue weighted by atomic mass is 10.1. The van der Waals surface area contributed by atoms with Gasteiger partial charge in [-0.3, -0.25) is 19.4 Å². The Bertz CT molecular complexity index is 888. The number of hydrogen-bond donors (Lipinski definition) is 0. The second kappa shape index (κ2) is 8.20. The van der Waals surface area contributed by atoms with Crippen LogP contribution in [-0.4, -0.2) is 45.3 Å². The highest BCUT2D eigenvalue weighted by Crippen LogP contribution is 2.34. The number of furan rings is 1. The smallest absolute Gasteiger partial charge is 0.337 e. The molecular formula is C19H21N3O6. The number of nitrogens with zero attached hydrogens (tertiary/aromatic N) is 3. The molecule has 2 aromatic heterocycles. The molecule has 9 heteroatoms. The molecule has 0 aromatic carbocycles. The molecule has 1 fully saturated rings. The molecule has 1 aliphatic heterocycles. The zero-order valence-corrected chi connectivity index (χ0v) is 15.7. The summed E-state index contributed by atoms with van der Waals surface area (Å²) in [5.74, 6) is -1.53. The second-order valence-corrected chi connectivity index (χ2v) is 6.42. The number of rotatable bonds is 7. The molecule has 9 nitrogen and oxygen atoms in total. The van der Waals surface area contributed by atoms with Gasteiger partial charge in [0, 0.05) is 30.6 Å². The molecule has 0 spiro atoms. The Balaban J connectivity index is 1.92. The third kappa shape index (κ3) is 3.60. The van der Waals surface area contributed by atoms with E-state index in [2.05, 4.69) is 4.98 Å². The van der Waals surface area contributed by atoms with E-state index in [1.807, 2.05) is 6.92 Å². The van der Waals surface area contributed by atoms with Crippen molar-refractivity contribution in [2.75, 3.05) is 6.73 Å². The third-order valence-corrected chi connectivity index (χ3v) is 4.34. The number of pyridine rings is 1. The molecule has 148 valence electrons. The minimum Gasteiger partial charge on any atom is -0.458 e. The van der Waals surface area contributed by atoms with Gasteiger partial charge in [0.05, 0.1) is 0 Å². The van der Waals surface area contributed by atoms with E-state index in [9.17, 15) is 19.2 Å². The van der Waals surface area contributed by atoms with Gasteiger partial charge in [-0.1, -0.05) is 13.8 Å². The third-order valence-electron chi connectivity index (χ3n) is 4.34. The number of esters is 1. The molecule has 1 unspecified atom stereocenters. The van der Waals surface area contributed by atoms with Crippen molar-refractivity contribution in [2.45, 2.75) is 45.6 Å². The lowest BCUT2D eigenvalue weighted by Gasteiger charge is -2.18. The van der Waals surface area contributed by atoms with E-state index in [-0.39, 0.29) is 18.6 Å². The normalized spacial score (nSPS) is 16.9. The topological polar surface area (TPSA) is 110 Å². The minimum atomic E-state index is -1.23. The van der Waals surface area contributed by atoms with Crippen LogP contribution in [0.3, 0.4) is 0 Å². The fraction of sp³-hybridized carbons (Fsp3) is 0.421. The average Bonchev–Trinajstić information content (AvgIpc) is 3.19. The van der Waals surface area contributed by atoms with Crippen LogP contribution in [0.25, 0.3) is 11.0 Å². The Labute approximate surface area is 161 Å². The molecule has 1 saturated heterocycles. The van der Waals surface area contributed by atoms with Gasteiger partial charge in [0.25, 0.3) is 5.91 Å². The van der Waals surface area contributed by atoms with Gasteiger partial charge in [0.15, 0.2) is 12.8 Å². The first-order valence-corrected chi connectivity index (χ1v) is 9.14. The minimum absolute atomic E-state index is 0.0980. The number of fused-ring (bicyclic) bond motifs is 1. The van der Waals surface area contributed by atoms with Gasteiger partial charge >= 0.3 is 12.0 Å². The van der Waals surface area contributed by atoms with Crippen molar-refractivity contribution in [1.29, 1.82) is 0 Å². The summed E-state index contributed by atoms with van der Waals surface area (Å²) in [6, 6.07) is 1.15. The van der Waals surface area contributed by atoms with E-state index < -0.39 is 36.6 Å². The molecule has 0 N–H and O–H groups in total. The second-order valence-electron chi connectivity index (χ2n) is 6.42. The summed E-state index contributed by atoms with van der Waals surface area (Å²) in [7, 11) is 0. The zero-order valence-electron chi connectivity index (χ0n) is 15.7.